The van der Waals surface area contributed by atoms with Crippen LogP contribution in [-0.2, 0) is 11.8 Å². The zero-order valence-corrected chi connectivity index (χ0v) is 12.6. The van der Waals surface area contributed by atoms with E-state index in [-0.39, 0.29) is 12.1 Å². The Labute approximate surface area is 129 Å². The van der Waals surface area contributed by atoms with E-state index in [0.717, 1.165) is 30.7 Å². The first-order valence-electron chi connectivity index (χ1n) is 8.12. The first kappa shape index (κ1) is 13.2. The molecule has 2 bridgehead atoms. The van der Waals surface area contributed by atoms with Gasteiger partial charge in [0, 0.05) is 11.6 Å². The van der Waals surface area contributed by atoms with Crippen LogP contribution in [0.5, 0.6) is 11.5 Å². The molecule has 1 saturated heterocycles. The zero-order valence-electron chi connectivity index (χ0n) is 12.6. The number of rotatable bonds is 1. The van der Waals surface area contributed by atoms with E-state index in [2.05, 4.69) is 11.4 Å². The summed E-state index contributed by atoms with van der Waals surface area (Å²) in [5.74, 6) is 1.44. The fraction of sp³-hybridized carbons (Fsp3) is 0.647. The Balaban J connectivity index is 1.85. The predicted molar refractivity (Wildman–Crippen MR) is 79.4 cm³/mol. The summed E-state index contributed by atoms with van der Waals surface area (Å²) >= 11 is 0. The largest absolute Gasteiger partial charge is 0.493 e. The Hall–Kier alpha value is -1.30. The summed E-state index contributed by atoms with van der Waals surface area (Å²) in [7, 11) is 1.64. The fourth-order valence-corrected chi connectivity index (χ4v) is 5.57. The van der Waals surface area contributed by atoms with Crippen LogP contribution in [0, 0.1) is 0 Å². The quantitative estimate of drug-likeness (QED) is 0.705. The van der Waals surface area contributed by atoms with E-state index in [1.807, 2.05) is 6.07 Å². The van der Waals surface area contributed by atoms with Crippen molar-refractivity contribution < 1.29 is 19.7 Å². The van der Waals surface area contributed by atoms with Crippen molar-refractivity contribution in [3.8, 4) is 11.5 Å². The number of piperidine rings is 1. The molecule has 1 aromatic carbocycles. The number of nitrogens with one attached hydrogen (secondary N) is 1. The highest BCUT2D eigenvalue weighted by Crippen LogP contribution is 2.64. The van der Waals surface area contributed by atoms with Crippen molar-refractivity contribution in [2.75, 3.05) is 13.7 Å². The Morgan fingerprint density at radius 1 is 1.36 bits per heavy atom. The molecule has 22 heavy (non-hydrogen) atoms. The van der Waals surface area contributed by atoms with Crippen LogP contribution in [0.15, 0.2) is 12.1 Å². The second-order valence-corrected chi connectivity index (χ2v) is 7.13. The highest BCUT2D eigenvalue weighted by atomic mass is 16.5. The Bertz CT molecular complexity index is 662. The molecule has 2 aliphatic carbocycles. The van der Waals surface area contributed by atoms with Gasteiger partial charge in [0.05, 0.1) is 24.2 Å². The second-order valence-electron chi connectivity index (χ2n) is 7.13. The van der Waals surface area contributed by atoms with E-state index >= 15 is 0 Å². The molecule has 0 radical (unpaired) electrons. The number of aliphatic hydroxyl groups is 2. The van der Waals surface area contributed by atoms with Crippen molar-refractivity contribution >= 4 is 0 Å². The highest BCUT2D eigenvalue weighted by Gasteiger charge is 2.71. The molecule has 2 fully saturated rings. The van der Waals surface area contributed by atoms with Gasteiger partial charge in [-0.15, -0.1) is 0 Å². The third kappa shape index (κ3) is 1.21. The van der Waals surface area contributed by atoms with Gasteiger partial charge < -0.3 is 25.0 Å². The topological polar surface area (TPSA) is 71.0 Å². The average molecular weight is 303 g/mol. The fourth-order valence-electron chi connectivity index (χ4n) is 5.57. The van der Waals surface area contributed by atoms with Crippen molar-refractivity contribution in [2.24, 2.45) is 0 Å². The highest BCUT2D eigenvalue weighted by molar-refractivity contribution is 5.62. The van der Waals surface area contributed by atoms with Gasteiger partial charge in [0.1, 0.15) is 6.10 Å². The summed E-state index contributed by atoms with van der Waals surface area (Å²) in [4.78, 5) is 0. The number of ether oxygens (including phenoxy) is 2. The lowest BCUT2D eigenvalue weighted by molar-refractivity contribution is -0.179. The first-order chi connectivity index (χ1) is 10.6. The molecule has 4 aliphatic rings. The smallest absolute Gasteiger partial charge is 0.166 e. The number of aliphatic hydroxyl groups excluding tert-OH is 1. The van der Waals surface area contributed by atoms with Crippen LogP contribution in [0.2, 0.25) is 0 Å². The molecule has 0 amide bonds. The molecule has 5 heteroatoms. The normalized spacial score (nSPS) is 44.2. The molecule has 1 spiro atoms. The molecule has 5 atom stereocenters. The lowest BCUT2D eigenvalue weighted by Crippen LogP contribution is -2.76. The number of hydrogen-bond acceptors (Lipinski definition) is 5. The summed E-state index contributed by atoms with van der Waals surface area (Å²) in [6.07, 6.45) is 1.86. The van der Waals surface area contributed by atoms with E-state index < -0.39 is 17.1 Å². The van der Waals surface area contributed by atoms with Crippen molar-refractivity contribution in [2.45, 2.75) is 54.9 Å². The molecule has 1 saturated carbocycles. The van der Waals surface area contributed by atoms with Gasteiger partial charge in [-0.2, -0.15) is 0 Å². The lowest BCUT2D eigenvalue weighted by Gasteiger charge is -2.61. The van der Waals surface area contributed by atoms with E-state index in [1.165, 1.54) is 5.56 Å². The number of methoxy groups -OCH3 is 1. The molecule has 118 valence electrons. The van der Waals surface area contributed by atoms with Crippen molar-refractivity contribution in [3.05, 3.63) is 23.3 Å². The average Bonchev–Trinajstić information content (AvgIpc) is 2.85. The molecule has 2 aliphatic heterocycles. The molecule has 5 nitrogen and oxygen atoms in total. The Kier molecular flexibility index (Phi) is 2.37. The van der Waals surface area contributed by atoms with E-state index in [4.69, 9.17) is 9.47 Å². The predicted octanol–water partition coefficient (Wildman–Crippen LogP) is 0.498. The number of benzene rings is 1. The van der Waals surface area contributed by atoms with Gasteiger partial charge >= 0.3 is 0 Å². The van der Waals surface area contributed by atoms with Gasteiger partial charge in [0.25, 0.3) is 0 Å². The number of hydrogen-bond donors (Lipinski definition) is 3. The van der Waals surface area contributed by atoms with E-state index in [9.17, 15) is 10.2 Å². The zero-order chi connectivity index (χ0) is 15.1. The van der Waals surface area contributed by atoms with Gasteiger partial charge in [-0.3, -0.25) is 0 Å². The van der Waals surface area contributed by atoms with Crippen LogP contribution in [0.3, 0.4) is 0 Å². The Morgan fingerprint density at radius 3 is 3.05 bits per heavy atom. The van der Waals surface area contributed by atoms with Crippen molar-refractivity contribution in [1.29, 1.82) is 0 Å². The lowest BCUT2D eigenvalue weighted by atomic mass is 9.49. The first-order valence-corrected chi connectivity index (χ1v) is 8.12. The van der Waals surface area contributed by atoms with Crippen LogP contribution in [-0.4, -0.2) is 47.7 Å². The van der Waals surface area contributed by atoms with Crippen LogP contribution in [0.4, 0.5) is 0 Å². The summed E-state index contributed by atoms with van der Waals surface area (Å²) in [6, 6.07) is 4.06. The molecule has 0 aromatic heterocycles. The third-order valence-electron chi connectivity index (χ3n) is 6.46. The van der Waals surface area contributed by atoms with Crippen molar-refractivity contribution in [1.82, 2.24) is 5.32 Å². The van der Waals surface area contributed by atoms with Gasteiger partial charge in [0.15, 0.2) is 11.5 Å². The maximum absolute atomic E-state index is 11.6. The van der Waals surface area contributed by atoms with Crippen LogP contribution >= 0.6 is 0 Å². The molecule has 5 rings (SSSR count). The second kappa shape index (κ2) is 3.96. The molecule has 1 aromatic rings. The SMILES string of the molecule is COc1ccc2c3c1O[C@H]1[C@@H](O)CC[C@@]4(O)[C@@H](C2)NCC[C@]314. The molecular formula is C17H21NO4. The monoisotopic (exact) mass is 303 g/mol. The van der Waals surface area contributed by atoms with E-state index in [1.54, 1.807) is 7.11 Å². The minimum absolute atomic E-state index is 0.0340. The Morgan fingerprint density at radius 2 is 2.23 bits per heavy atom. The van der Waals surface area contributed by atoms with Gasteiger partial charge in [-0.25, -0.2) is 0 Å². The maximum Gasteiger partial charge on any atom is 0.166 e. The standard InChI is InChI=1S/C17H21NO4/c1-21-11-3-2-9-8-12-17(20)5-4-10(19)15-16(17,6-7-18-12)13(9)14(11)22-15/h2-3,10,12,15,18-20H,4-8H2,1H3/t10-,12+,15-,16-,17+/m0/s1. The van der Waals surface area contributed by atoms with Gasteiger partial charge in [-0.1, -0.05) is 6.07 Å². The molecular weight excluding hydrogens is 282 g/mol. The summed E-state index contributed by atoms with van der Waals surface area (Å²) in [5, 5.41) is 25.7. The van der Waals surface area contributed by atoms with Crippen LogP contribution in [0.25, 0.3) is 0 Å². The van der Waals surface area contributed by atoms with Crippen molar-refractivity contribution in [3.63, 3.8) is 0 Å². The molecule has 2 heterocycles. The van der Waals surface area contributed by atoms with Gasteiger partial charge in [0.2, 0.25) is 0 Å². The summed E-state index contributed by atoms with van der Waals surface area (Å²) < 4.78 is 11.7. The van der Waals surface area contributed by atoms with E-state index in [0.29, 0.717) is 18.6 Å². The third-order valence-corrected chi connectivity index (χ3v) is 6.46. The molecule has 3 N–H and O–H groups in total. The van der Waals surface area contributed by atoms with Crippen LogP contribution < -0.4 is 14.8 Å². The maximum atomic E-state index is 11.6. The summed E-state index contributed by atoms with van der Waals surface area (Å²) in [5.41, 5.74) is 0.961. The van der Waals surface area contributed by atoms with Gasteiger partial charge in [-0.05, 0) is 43.9 Å². The molecule has 0 unspecified atom stereocenters. The van der Waals surface area contributed by atoms with Crippen LogP contribution in [0.1, 0.15) is 30.4 Å². The minimum atomic E-state index is -0.847. The minimum Gasteiger partial charge on any atom is -0.493 e. The summed E-state index contributed by atoms with van der Waals surface area (Å²) in [6.45, 7) is 0.843.